The summed E-state index contributed by atoms with van der Waals surface area (Å²) in [7, 11) is -5.79. The van der Waals surface area contributed by atoms with E-state index in [0.717, 1.165) is 25.9 Å². The van der Waals surface area contributed by atoms with Gasteiger partial charge in [0.15, 0.2) is 0 Å². The fraction of sp³-hybridized carbons (Fsp3) is 0.488. The summed E-state index contributed by atoms with van der Waals surface area (Å²) in [6, 6.07) is 17.6. The summed E-state index contributed by atoms with van der Waals surface area (Å²) in [6.45, 7) is 7.18. The van der Waals surface area contributed by atoms with Crippen LogP contribution in [0, 0.1) is 17.8 Å². The molecule has 0 amide bonds. The lowest BCUT2D eigenvalue weighted by Crippen LogP contribution is -2.42. The minimum atomic E-state index is -3.63. The third-order valence-corrected chi connectivity index (χ3v) is 15.5. The summed E-state index contributed by atoms with van der Waals surface area (Å²) in [4.78, 5) is 34.3. The van der Waals surface area contributed by atoms with E-state index >= 15 is 0 Å². The Balaban J connectivity index is 0.000000299. The molecule has 0 aromatic heterocycles. The average molecular weight is 1020 g/mol. The van der Waals surface area contributed by atoms with E-state index in [1.165, 1.54) is 69.3 Å². The Hall–Kier alpha value is -3.04. The molecule has 2 N–H and O–H groups in total. The number of carboxylic acid groups (broad SMARTS) is 1. The number of ether oxygens (including phenoxy) is 2. The molecule has 3 aromatic rings. The summed E-state index contributed by atoms with van der Waals surface area (Å²) >= 11 is 17.0. The lowest BCUT2D eigenvalue weighted by molar-refractivity contribution is -0.149. The van der Waals surface area contributed by atoms with E-state index in [1.807, 2.05) is 6.92 Å². The van der Waals surface area contributed by atoms with Gasteiger partial charge in [0.25, 0.3) is 9.05 Å². The molecule has 3 aliphatic heterocycles. The van der Waals surface area contributed by atoms with E-state index in [0.29, 0.717) is 67.1 Å². The highest BCUT2D eigenvalue weighted by molar-refractivity contribution is 8.13. The molecule has 63 heavy (non-hydrogen) atoms. The number of carbonyl (C=O) groups excluding carboxylic acids is 2. The van der Waals surface area contributed by atoms with Gasteiger partial charge in [-0.1, -0.05) is 42.2 Å². The molecule has 0 saturated carbocycles. The van der Waals surface area contributed by atoms with E-state index in [9.17, 15) is 39.6 Å². The van der Waals surface area contributed by atoms with Crippen molar-refractivity contribution in [1.82, 2.24) is 13.9 Å². The summed E-state index contributed by atoms with van der Waals surface area (Å²) in [5.41, 5.74) is 0. The van der Waals surface area contributed by atoms with Crippen LogP contribution in [0.5, 0.6) is 0 Å². The maximum atomic E-state index is 12.6. The van der Waals surface area contributed by atoms with Crippen molar-refractivity contribution in [3.63, 3.8) is 0 Å². The maximum Gasteiger partial charge on any atom is 0.310 e. The first-order valence-electron chi connectivity index (χ1n) is 19.7. The number of aliphatic carboxylic acids is 1. The second-order valence-electron chi connectivity index (χ2n) is 14.1. The number of carboxylic acids is 1. The fourth-order valence-electron chi connectivity index (χ4n) is 6.40. The van der Waals surface area contributed by atoms with E-state index in [1.54, 1.807) is 19.1 Å². The molecule has 3 aliphatic rings. The molecule has 3 fully saturated rings. The number of esters is 2. The van der Waals surface area contributed by atoms with Crippen LogP contribution in [0.2, 0.25) is 15.1 Å². The average Bonchev–Trinajstić information content (AvgIpc) is 3.25. The minimum absolute atomic E-state index is 0. The van der Waals surface area contributed by atoms with Crippen molar-refractivity contribution in [2.75, 3.05) is 52.5 Å². The van der Waals surface area contributed by atoms with Gasteiger partial charge in [-0.2, -0.15) is 8.61 Å². The molecular formula is C41H55Cl4N3O12S3. The number of hydrogen-bond acceptors (Lipinski definition) is 12. The van der Waals surface area contributed by atoms with Gasteiger partial charge in [0, 0.05) is 58.5 Å². The Morgan fingerprint density at radius 1 is 0.619 bits per heavy atom. The van der Waals surface area contributed by atoms with Crippen molar-refractivity contribution >= 4 is 92.5 Å². The molecule has 0 unspecified atom stereocenters. The van der Waals surface area contributed by atoms with Gasteiger partial charge < -0.3 is 19.9 Å². The van der Waals surface area contributed by atoms with Gasteiger partial charge in [0.05, 0.1) is 45.7 Å². The van der Waals surface area contributed by atoms with E-state index in [-0.39, 0.29) is 59.0 Å². The van der Waals surface area contributed by atoms with Crippen LogP contribution in [0.3, 0.4) is 0 Å². The first-order valence-corrected chi connectivity index (χ1v) is 26.0. The first kappa shape index (κ1) is 56.1. The number of halogens is 4. The third-order valence-electron chi connectivity index (χ3n) is 9.65. The Kier molecular flexibility index (Phi) is 23.9. The van der Waals surface area contributed by atoms with Crippen LogP contribution in [-0.4, -0.2) is 109 Å². The van der Waals surface area contributed by atoms with Crippen LogP contribution in [0.15, 0.2) is 87.5 Å². The maximum absolute atomic E-state index is 12.6. The van der Waals surface area contributed by atoms with E-state index in [4.69, 9.17) is 60.1 Å². The number of carbonyl (C=O) groups is 3. The highest BCUT2D eigenvalue weighted by atomic mass is 35.7. The van der Waals surface area contributed by atoms with Crippen molar-refractivity contribution in [2.24, 2.45) is 17.8 Å². The summed E-state index contributed by atoms with van der Waals surface area (Å²) < 4.78 is 83.6. The monoisotopic (exact) mass is 1020 g/mol. The van der Waals surface area contributed by atoms with Gasteiger partial charge in [0.1, 0.15) is 0 Å². The lowest BCUT2D eigenvalue weighted by atomic mass is 10.0. The summed E-state index contributed by atoms with van der Waals surface area (Å²) in [6.07, 6.45) is 4.45. The highest BCUT2D eigenvalue weighted by Crippen LogP contribution is 2.27. The normalized spacial score (nSPS) is 19.4. The topological polar surface area (TPSA) is 211 Å². The zero-order valence-electron chi connectivity index (χ0n) is 34.1. The fourth-order valence-corrected chi connectivity index (χ4v) is 10.6. The predicted molar refractivity (Wildman–Crippen MR) is 244 cm³/mol. The molecule has 0 spiro atoms. The Labute approximate surface area is 390 Å². The quantitative estimate of drug-likeness (QED) is 0.148. The number of nitrogens with one attached hydrogen (secondary N) is 1. The Bertz CT molecular complexity index is 2250. The molecule has 352 valence electrons. The van der Waals surface area contributed by atoms with Crippen LogP contribution < -0.4 is 5.32 Å². The molecule has 3 aromatic carbocycles. The second kappa shape index (κ2) is 26.8. The molecule has 0 aliphatic carbocycles. The van der Waals surface area contributed by atoms with Crippen molar-refractivity contribution in [3.8, 4) is 0 Å². The highest BCUT2D eigenvalue weighted by Gasteiger charge is 2.35. The number of sulfonamides is 2. The van der Waals surface area contributed by atoms with Crippen molar-refractivity contribution in [1.29, 1.82) is 0 Å². The largest absolute Gasteiger partial charge is 0.481 e. The minimum Gasteiger partial charge on any atom is -0.481 e. The number of rotatable bonds is 10. The Morgan fingerprint density at radius 3 is 1.35 bits per heavy atom. The molecule has 15 nitrogen and oxygen atoms in total. The molecule has 22 heteroatoms. The van der Waals surface area contributed by atoms with Gasteiger partial charge in [-0.05, 0) is 132 Å². The molecule has 0 radical (unpaired) electrons. The zero-order chi connectivity index (χ0) is 46.1. The standard InChI is InChI=1S/C14H18ClNO4S.C12H14ClNO4S.C8H15NO2.C6H4Cl2O2S.CH4/c1-2-20-14(17)11-4-3-9-16(10-11)21(18,19)13-7-5-12(15)6-8-13;13-10-3-5-11(6-4-10)19(17,18)14-7-1-2-9(8-14)12(15)16;1-2-11-8(10)7-4-3-5-9-6-7;7-5-1-3-6(4-2-5)11(8,9)10;/h5-8,11H,2-4,9-10H2,1H3;3-6,9H,1-2,7-8H2,(H,15,16);7,9H,2-6H2,1H3;1-4H;1H4/t11-;9-;7-;;/m111../s1. The summed E-state index contributed by atoms with van der Waals surface area (Å²) in [5, 5.41) is 13.6. The number of piperidine rings is 3. The van der Waals surface area contributed by atoms with Gasteiger partial charge in [0.2, 0.25) is 20.0 Å². The van der Waals surface area contributed by atoms with Crippen molar-refractivity contribution in [3.05, 3.63) is 87.9 Å². The van der Waals surface area contributed by atoms with E-state index in [2.05, 4.69) is 5.32 Å². The van der Waals surface area contributed by atoms with Gasteiger partial charge >= 0.3 is 17.9 Å². The van der Waals surface area contributed by atoms with Crippen LogP contribution in [0.1, 0.15) is 59.8 Å². The third kappa shape index (κ3) is 18.0. The smallest absolute Gasteiger partial charge is 0.310 e. The number of benzene rings is 3. The van der Waals surface area contributed by atoms with Gasteiger partial charge in [-0.25, -0.2) is 25.3 Å². The van der Waals surface area contributed by atoms with E-state index < -0.39 is 41.0 Å². The van der Waals surface area contributed by atoms with Crippen LogP contribution in [0.4, 0.5) is 0 Å². The van der Waals surface area contributed by atoms with Crippen molar-refractivity contribution < 1.29 is 54.2 Å². The lowest BCUT2D eigenvalue weighted by Gasteiger charge is -2.30. The van der Waals surface area contributed by atoms with Crippen LogP contribution in [-0.2, 0) is 53.0 Å². The first-order chi connectivity index (χ1) is 29.2. The molecule has 3 saturated heterocycles. The molecule has 3 heterocycles. The van der Waals surface area contributed by atoms with Crippen LogP contribution in [0.25, 0.3) is 0 Å². The SMILES string of the molecule is C.CCOC(=O)[C@@H]1CCCN(S(=O)(=O)c2ccc(Cl)cc2)C1.CCOC(=O)[C@@H]1CCCNC1.O=C(O)[C@@H]1CCCN(S(=O)(=O)c2ccc(Cl)cc2)C1.O=S(=O)(Cl)c1ccc(Cl)cc1. The zero-order valence-corrected chi connectivity index (χ0v) is 39.6. The second-order valence-corrected chi connectivity index (χ2v) is 21.8. The predicted octanol–water partition coefficient (Wildman–Crippen LogP) is 7.58. The summed E-state index contributed by atoms with van der Waals surface area (Å²) in [5.74, 6) is -2.23. The van der Waals surface area contributed by atoms with Gasteiger partial charge in [-0.15, -0.1) is 0 Å². The molecular weight excluding hydrogens is 964 g/mol. The van der Waals surface area contributed by atoms with Gasteiger partial charge in [-0.3, -0.25) is 14.4 Å². The number of hydrogen-bond donors (Lipinski definition) is 2. The number of nitrogens with zero attached hydrogens (tertiary/aromatic N) is 2. The van der Waals surface area contributed by atoms with Crippen molar-refractivity contribution in [2.45, 2.75) is 74.5 Å². The van der Waals surface area contributed by atoms with Crippen LogP contribution >= 0.6 is 45.5 Å². The molecule has 6 rings (SSSR count). The Morgan fingerprint density at radius 2 is 0.984 bits per heavy atom. The molecule has 3 atom stereocenters. The molecule has 0 bridgehead atoms.